The number of hydrogen-bond donors (Lipinski definition) is 3. The lowest BCUT2D eigenvalue weighted by Gasteiger charge is -2.31. The highest BCUT2D eigenvalue weighted by molar-refractivity contribution is 6.00. The molecule has 0 bridgehead atoms. The SMILES string of the molecule is C[C@]1(C(N)=O)COc2c1cc(C(O)(CNC(=O)c1cc(OC3CC3)c3ncccc3c1)C(F)(F)F)nc2-c1ccc(C#N)cc1. The summed E-state index contributed by atoms with van der Waals surface area (Å²) in [5, 5.41) is 23.3. The number of carbonyl (C=O) groups excluding carboxylic acids is 2. The molecule has 45 heavy (non-hydrogen) atoms. The van der Waals surface area contributed by atoms with Crippen molar-refractivity contribution in [1.82, 2.24) is 15.3 Å². The van der Waals surface area contributed by atoms with E-state index in [0.717, 1.165) is 18.9 Å². The van der Waals surface area contributed by atoms with Crippen molar-refractivity contribution < 1.29 is 37.3 Å². The van der Waals surface area contributed by atoms with Crippen LogP contribution in [0.1, 0.15) is 46.9 Å². The van der Waals surface area contributed by atoms with Gasteiger partial charge in [-0.25, -0.2) is 4.98 Å². The normalized spacial score (nSPS) is 18.8. The molecular formula is C32H26F3N5O5. The van der Waals surface area contributed by atoms with Crippen LogP contribution in [0.2, 0.25) is 0 Å². The summed E-state index contributed by atoms with van der Waals surface area (Å²) in [6.07, 6.45) is -2.13. The number of primary amides is 1. The van der Waals surface area contributed by atoms with E-state index in [4.69, 9.17) is 15.2 Å². The van der Waals surface area contributed by atoms with Crippen LogP contribution in [0.4, 0.5) is 13.2 Å². The van der Waals surface area contributed by atoms with Crippen molar-refractivity contribution in [2.45, 2.75) is 43.1 Å². The van der Waals surface area contributed by atoms with Crippen LogP contribution in [0.15, 0.2) is 60.8 Å². The van der Waals surface area contributed by atoms with Crippen LogP contribution >= 0.6 is 0 Å². The van der Waals surface area contributed by atoms with Crippen LogP contribution in [-0.4, -0.2) is 52.3 Å². The van der Waals surface area contributed by atoms with Gasteiger partial charge in [-0.15, -0.1) is 0 Å². The minimum Gasteiger partial charge on any atom is -0.489 e. The molecule has 4 aromatic rings. The second-order valence-corrected chi connectivity index (χ2v) is 11.3. The van der Waals surface area contributed by atoms with E-state index in [9.17, 15) is 33.1 Å². The van der Waals surface area contributed by atoms with E-state index >= 15 is 0 Å². The molecule has 1 saturated carbocycles. The van der Waals surface area contributed by atoms with Gasteiger partial charge in [0.1, 0.15) is 34.7 Å². The summed E-state index contributed by atoms with van der Waals surface area (Å²) in [6.45, 7) is -0.168. The number of pyridine rings is 2. The first kappa shape index (κ1) is 29.8. The average molecular weight is 618 g/mol. The highest BCUT2D eigenvalue weighted by Crippen LogP contribution is 2.47. The van der Waals surface area contributed by atoms with Crippen LogP contribution in [0.5, 0.6) is 11.5 Å². The molecule has 0 radical (unpaired) electrons. The van der Waals surface area contributed by atoms with E-state index in [1.807, 2.05) is 6.07 Å². The molecule has 230 valence electrons. The second-order valence-electron chi connectivity index (χ2n) is 11.3. The zero-order valence-corrected chi connectivity index (χ0v) is 23.8. The highest BCUT2D eigenvalue weighted by atomic mass is 19.4. The second kappa shape index (κ2) is 10.7. The molecule has 6 rings (SSSR count). The molecule has 1 aliphatic heterocycles. The Morgan fingerprint density at radius 3 is 2.58 bits per heavy atom. The summed E-state index contributed by atoms with van der Waals surface area (Å²) in [5.41, 5.74) is 0.472. The number of nitriles is 1. The summed E-state index contributed by atoms with van der Waals surface area (Å²) in [7, 11) is 0. The van der Waals surface area contributed by atoms with E-state index < -0.39 is 41.2 Å². The van der Waals surface area contributed by atoms with Crippen molar-refractivity contribution in [2.24, 2.45) is 5.73 Å². The molecule has 1 aliphatic carbocycles. The maximum absolute atomic E-state index is 14.8. The van der Waals surface area contributed by atoms with Gasteiger partial charge in [-0.2, -0.15) is 18.4 Å². The van der Waals surface area contributed by atoms with Crippen molar-refractivity contribution in [1.29, 1.82) is 5.26 Å². The van der Waals surface area contributed by atoms with Gasteiger partial charge >= 0.3 is 6.18 Å². The Morgan fingerprint density at radius 2 is 1.93 bits per heavy atom. The molecule has 4 N–H and O–H groups in total. The molecular weight excluding hydrogens is 591 g/mol. The Morgan fingerprint density at radius 1 is 1.20 bits per heavy atom. The summed E-state index contributed by atoms with van der Waals surface area (Å²) in [4.78, 5) is 34.2. The smallest absolute Gasteiger partial charge is 0.424 e. The maximum atomic E-state index is 14.8. The third-order valence-electron chi connectivity index (χ3n) is 8.05. The Hall–Kier alpha value is -5.22. The lowest BCUT2D eigenvalue weighted by atomic mass is 9.81. The molecule has 1 unspecified atom stereocenters. The van der Waals surface area contributed by atoms with Gasteiger partial charge in [0.2, 0.25) is 11.5 Å². The molecule has 2 atom stereocenters. The molecule has 0 spiro atoms. The summed E-state index contributed by atoms with van der Waals surface area (Å²) < 4.78 is 55.9. The summed E-state index contributed by atoms with van der Waals surface area (Å²) >= 11 is 0. The number of aliphatic hydroxyl groups is 1. The fourth-order valence-electron chi connectivity index (χ4n) is 5.09. The molecule has 2 amide bonds. The fourth-order valence-corrected chi connectivity index (χ4v) is 5.09. The van der Waals surface area contributed by atoms with Crippen molar-refractivity contribution in [2.75, 3.05) is 13.2 Å². The minimum absolute atomic E-state index is 0.00254. The van der Waals surface area contributed by atoms with Crippen molar-refractivity contribution in [3.05, 3.63) is 83.2 Å². The number of alkyl halides is 3. The standard InChI is InChI=1S/C32H26F3N5O5/c1-30(29(37)42)16-44-27-22(30)13-24(40-26(27)18-6-4-17(14-36)5-7-18)31(43,32(33,34)35)15-39-28(41)20-11-19-3-2-10-38-25(19)23(12-20)45-21-8-9-21/h2-7,10-13,21,43H,8-9,15-16H2,1H3,(H2,37,42)(H,39,41)/t30-,31?/m0/s1. The van der Waals surface area contributed by atoms with Crippen LogP contribution < -0.4 is 20.5 Å². The third-order valence-corrected chi connectivity index (χ3v) is 8.05. The number of nitrogens with one attached hydrogen (secondary N) is 1. The molecule has 10 nitrogen and oxygen atoms in total. The third kappa shape index (κ3) is 5.27. The first-order valence-corrected chi connectivity index (χ1v) is 14.0. The number of amides is 2. The van der Waals surface area contributed by atoms with E-state index in [1.165, 1.54) is 43.3 Å². The number of rotatable bonds is 8. The molecule has 0 saturated heterocycles. The van der Waals surface area contributed by atoms with Crippen molar-refractivity contribution in [3.8, 4) is 28.8 Å². The average Bonchev–Trinajstić information content (AvgIpc) is 3.78. The Balaban J connectivity index is 1.40. The van der Waals surface area contributed by atoms with Crippen LogP contribution in [-0.2, 0) is 15.8 Å². The van der Waals surface area contributed by atoms with Gasteiger partial charge in [-0.1, -0.05) is 18.2 Å². The largest absolute Gasteiger partial charge is 0.489 e. The van der Waals surface area contributed by atoms with E-state index in [1.54, 1.807) is 18.3 Å². The topological polar surface area (TPSA) is 160 Å². The fraction of sp³-hybridized carbons (Fsp3) is 0.281. The van der Waals surface area contributed by atoms with Crippen molar-refractivity contribution >= 4 is 22.7 Å². The monoisotopic (exact) mass is 617 g/mol. The Labute approximate surface area is 254 Å². The van der Waals surface area contributed by atoms with E-state index in [-0.39, 0.29) is 40.8 Å². The Kier molecular flexibility index (Phi) is 7.12. The minimum atomic E-state index is -5.33. The van der Waals surface area contributed by atoms with Gasteiger partial charge in [-0.05, 0) is 56.2 Å². The lowest BCUT2D eigenvalue weighted by molar-refractivity contribution is -0.265. The van der Waals surface area contributed by atoms with Crippen molar-refractivity contribution in [3.63, 3.8) is 0 Å². The van der Waals surface area contributed by atoms with Gasteiger partial charge in [0.05, 0.1) is 30.0 Å². The van der Waals surface area contributed by atoms with Crippen LogP contribution in [0.25, 0.3) is 22.2 Å². The van der Waals surface area contributed by atoms with Gasteiger partial charge in [0.15, 0.2) is 0 Å². The Bertz CT molecular complexity index is 1890. The maximum Gasteiger partial charge on any atom is 0.424 e. The summed E-state index contributed by atoms with van der Waals surface area (Å²) in [6, 6.07) is 14.9. The number of halogens is 3. The highest BCUT2D eigenvalue weighted by Gasteiger charge is 2.57. The number of fused-ring (bicyclic) bond motifs is 2. The van der Waals surface area contributed by atoms with Gasteiger partial charge < -0.3 is 25.6 Å². The number of nitrogens with zero attached hydrogens (tertiary/aromatic N) is 3. The first-order chi connectivity index (χ1) is 21.3. The first-order valence-electron chi connectivity index (χ1n) is 14.0. The van der Waals surface area contributed by atoms with E-state index in [2.05, 4.69) is 15.3 Å². The predicted molar refractivity (Wildman–Crippen MR) is 154 cm³/mol. The van der Waals surface area contributed by atoms with Gasteiger partial charge in [-0.3, -0.25) is 14.6 Å². The molecule has 2 aromatic carbocycles. The quantitative estimate of drug-likeness (QED) is 0.267. The summed E-state index contributed by atoms with van der Waals surface area (Å²) in [5.74, 6) is -1.41. The van der Waals surface area contributed by atoms with Crippen LogP contribution in [0, 0.1) is 11.3 Å². The molecule has 2 aromatic heterocycles. The van der Waals surface area contributed by atoms with Gasteiger partial charge in [0.25, 0.3) is 5.91 Å². The zero-order valence-electron chi connectivity index (χ0n) is 23.8. The van der Waals surface area contributed by atoms with E-state index in [0.29, 0.717) is 22.2 Å². The zero-order chi connectivity index (χ0) is 32.1. The molecule has 1 fully saturated rings. The number of aromatic nitrogens is 2. The number of nitrogens with two attached hydrogens (primary N) is 1. The lowest BCUT2D eigenvalue weighted by Crippen LogP contribution is -2.51. The van der Waals surface area contributed by atoms with Gasteiger partial charge in [0, 0.05) is 28.3 Å². The number of ether oxygens (including phenoxy) is 2. The van der Waals surface area contributed by atoms with Crippen LogP contribution in [0.3, 0.4) is 0 Å². The predicted octanol–water partition coefficient (Wildman–Crippen LogP) is 4.02. The number of benzene rings is 2. The molecule has 13 heteroatoms. The number of hydrogen-bond acceptors (Lipinski definition) is 8. The molecule has 3 heterocycles. The molecule has 2 aliphatic rings. The number of carbonyl (C=O) groups is 2.